The van der Waals surface area contributed by atoms with Gasteiger partial charge in [0.2, 0.25) is 0 Å². The Morgan fingerprint density at radius 2 is 2.11 bits per heavy atom. The van der Waals surface area contributed by atoms with Gasteiger partial charge in [-0.1, -0.05) is 0 Å². The fourth-order valence-corrected chi connectivity index (χ4v) is 0.585. The van der Waals surface area contributed by atoms with Gasteiger partial charge in [-0.25, -0.2) is 0 Å². The van der Waals surface area contributed by atoms with E-state index in [-0.39, 0.29) is 11.6 Å². The summed E-state index contributed by atoms with van der Waals surface area (Å²) >= 11 is 0. The van der Waals surface area contributed by atoms with E-state index in [0.29, 0.717) is 0 Å². The van der Waals surface area contributed by atoms with E-state index in [1.165, 1.54) is 7.05 Å². The summed E-state index contributed by atoms with van der Waals surface area (Å²) in [5.74, 6) is -0.766. The van der Waals surface area contributed by atoms with Gasteiger partial charge in [0.15, 0.2) is 0 Å². The Morgan fingerprint density at radius 1 is 1.56 bits per heavy atom. The molecule has 0 fully saturated rings. The van der Waals surface area contributed by atoms with Crippen LogP contribution < -0.4 is 5.73 Å². The van der Waals surface area contributed by atoms with Crippen molar-refractivity contribution in [3.05, 3.63) is 11.8 Å². The Labute approximate surface area is 51.9 Å². The molecule has 0 spiro atoms. The topological polar surface area (TPSA) is 63.4 Å². The smallest absolute Gasteiger partial charge is 0.276 e. The first-order valence-corrected chi connectivity index (χ1v) is 2.42. The third-order valence-electron chi connectivity index (χ3n) is 1.16. The maximum absolute atomic E-state index is 10.6. The number of rotatable bonds is 0. The molecule has 0 bridgehead atoms. The van der Waals surface area contributed by atoms with Crippen molar-refractivity contribution < 1.29 is 9.59 Å². The highest BCUT2D eigenvalue weighted by atomic mass is 16.2. The van der Waals surface area contributed by atoms with Crippen LogP contribution in [0.4, 0.5) is 0 Å². The Balaban J connectivity index is 2.95. The van der Waals surface area contributed by atoms with Gasteiger partial charge in [-0.05, 0) is 0 Å². The van der Waals surface area contributed by atoms with Crippen LogP contribution in [0.25, 0.3) is 0 Å². The Bertz CT molecular complexity index is 207. The lowest BCUT2D eigenvalue weighted by atomic mass is 10.5. The molecule has 1 rings (SSSR count). The van der Waals surface area contributed by atoms with Crippen LogP contribution in [0, 0.1) is 0 Å². The first-order chi connectivity index (χ1) is 4.13. The van der Waals surface area contributed by atoms with Gasteiger partial charge in [-0.2, -0.15) is 0 Å². The predicted molar refractivity (Wildman–Crippen MR) is 30.0 cm³/mol. The van der Waals surface area contributed by atoms with Crippen LogP contribution >= 0.6 is 0 Å². The Kier molecular flexibility index (Phi) is 1.02. The summed E-state index contributed by atoms with van der Waals surface area (Å²) in [6.07, 6.45) is 1.11. The van der Waals surface area contributed by atoms with Crippen LogP contribution in [0.3, 0.4) is 0 Å². The predicted octanol–water partition coefficient (Wildman–Crippen LogP) is -1.17. The molecule has 9 heavy (non-hydrogen) atoms. The molecule has 0 unspecified atom stereocenters. The summed E-state index contributed by atoms with van der Waals surface area (Å²) in [6.45, 7) is 0. The van der Waals surface area contributed by atoms with Crippen molar-refractivity contribution in [2.45, 2.75) is 0 Å². The normalized spacial score (nSPS) is 18.8. The summed E-state index contributed by atoms with van der Waals surface area (Å²) in [6, 6.07) is 0. The van der Waals surface area contributed by atoms with E-state index in [9.17, 15) is 9.59 Å². The third-order valence-corrected chi connectivity index (χ3v) is 1.16. The van der Waals surface area contributed by atoms with Gasteiger partial charge < -0.3 is 5.73 Å². The first-order valence-electron chi connectivity index (χ1n) is 2.42. The van der Waals surface area contributed by atoms with E-state index in [2.05, 4.69) is 0 Å². The molecule has 0 saturated carbocycles. The minimum atomic E-state index is -0.417. The van der Waals surface area contributed by atoms with E-state index in [4.69, 9.17) is 5.73 Å². The molecule has 1 aliphatic heterocycles. The lowest BCUT2D eigenvalue weighted by molar-refractivity contribution is -0.135. The lowest BCUT2D eigenvalue weighted by Gasteiger charge is -2.03. The first kappa shape index (κ1) is 5.81. The number of likely N-dealkylation sites (N-methyl/N-ethyl adjacent to an activating group) is 1. The number of carbonyl (C=O) groups is 2. The van der Waals surface area contributed by atoms with Crippen molar-refractivity contribution in [2.24, 2.45) is 5.73 Å². The van der Waals surface area contributed by atoms with Crippen LogP contribution in [-0.4, -0.2) is 23.8 Å². The second-order valence-electron chi connectivity index (χ2n) is 1.80. The molecule has 0 radical (unpaired) electrons. The zero-order valence-electron chi connectivity index (χ0n) is 4.92. The van der Waals surface area contributed by atoms with Crippen molar-refractivity contribution in [2.75, 3.05) is 7.05 Å². The van der Waals surface area contributed by atoms with Gasteiger partial charge >= 0.3 is 0 Å². The molecule has 0 aromatic heterocycles. The molecular weight excluding hydrogens is 120 g/mol. The number of carbonyl (C=O) groups excluding carboxylic acids is 2. The molecule has 4 nitrogen and oxygen atoms in total. The average molecular weight is 126 g/mol. The van der Waals surface area contributed by atoms with Crippen molar-refractivity contribution in [1.82, 2.24) is 4.90 Å². The van der Waals surface area contributed by atoms with Crippen LogP contribution in [0.15, 0.2) is 11.8 Å². The van der Waals surface area contributed by atoms with Crippen LogP contribution in [0.1, 0.15) is 0 Å². The second-order valence-corrected chi connectivity index (χ2v) is 1.80. The number of amides is 2. The summed E-state index contributed by atoms with van der Waals surface area (Å²) < 4.78 is 0. The van der Waals surface area contributed by atoms with Gasteiger partial charge in [-0.15, -0.1) is 0 Å². The van der Waals surface area contributed by atoms with Crippen LogP contribution in [-0.2, 0) is 9.59 Å². The second kappa shape index (κ2) is 1.58. The van der Waals surface area contributed by atoms with E-state index >= 15 is 0 Å². The van der Waals surface area contributed by atoms with E-state index in [1.807, 2.05) is 0 Å². The quantitative estimate of drug-likeness (QED) is 0.416. The van der Waals surface area contributed by atoms with Gasteiger partial charge in [0.05, 0.1) is 0 Å². The molecule has 0 aromatic carbocycles. The standard InChI is InChI=1S/C5H6N2O2/c1-7-4(8)2-3(6)5(7)9/h2H,6H2,1H3. The summed E-state index contributed by atoms with van der Waals surface area (Å²) in [4.78, 5) is 22.1. The molecule has 0 aliphatic carbocycles. The van der Waals surface area contributed by atoms with Crippen molar-refractivity contribution >= 4 is 11.8 Å². The monoisotopic (exact) mass is 126 g/mol. The number of imide groups is 1. The molecule has 1 aliphatic rings. The molecule has 0 aromatic rings. The highest BCUT2D eigenvalue weighted by Gasteiger charge is 2.24. The zero-order valence-corrected chi connectivity index (χ0v) is 4.92. The van der Waals surface area contributed by atoms with Crippen LogP contribution in [0.2, 0.25) is 0 Å². The average Bonchev–Trinajstić information content (AvgIpc) is 1.98. The van der Waals surface area contributed by atoms with Crippen molar-refractivity contribution in [3.63, 3.8) is 0 Å². The highest BCUT2D eigenvalue weighted by molar-refractivity contribution is 6.15. The minimum Gasteiger partial charge on any atom is -0.394 e. The maximum Gasteiger partial charge on any atom is 0.276 e. The maximum atomic E-state index is 10.6. The number of nitrogens with zero attached hydrogens (tertiary/aromatic N) is 1. The molecule has 48 valence electrons. The molecular formula is C5H6N2O2. The van der Waals surface area contributed by atoms with Gasteiger partial charge in [-0.3, -0.25) is 14.5 Å². The number of hydrogen-bond donors (Lipinski definition) is 1. The summed E-state index contributed by atoms with van der Waals surface area (Å²) in [7, 11) is 1.39. The molecule has 0 saturated heterocycles. The molecule has 0 atom stereocenters. The summed E-state index contributed by atoms with van der Waals surface area (Å²) in [5.41, 5.74) is 5.12. The van der Waals surface area contributed by atoms with E-state index < -0.39 is 5.91 Å². The Morgan fingerprint density at radius 3 is 2.22 bits per heavy atom. The fraction of sp³-hybridized carbons (Fsp3) is 0.200. The van der Waals surface area contributed by atoms with Gasteiger partial charge in [0.1, 0.15) is 5.70 Å². The van der Waals surface area contributed by atoms with Crippen LogP contribution in [0.5, 0.6) is 0 Å². The number of hydrogen-bond acceptors (Lipinski definition) is 3. The van der Waals surface area contributed by atoms with Gasteiger partial charge in [0.25, 0.3) is 11.8 Å². The zero-order chi connectivity index (χ0) is 7.02. The Hall–Kier alpha value is -1.32. The lowest BCUT2D eigenvalue weighted by Crippen LogP contribution is -2.27. The minimum absolute atomic E-state index is 0.0162. The highest BCUT2D eigenvalue weighted by Crippen LogP contribution is 2.03. The van der Waals surface area contributed by atoms with E-state index in [0.717, 1.165) is 11.0 Å². The van der Waals surface area contributed by atoms with E-state index in [1.54, 1.807) is 0 Å². The molecule has 2 amide bonds. The van der Waals surface area contributed by atoms with Crippen molar-refractivity contribution in [1.29, 1.82) is 0 Å². The fourth-order valence-electron chi connectivity index (χ4n) is 0.585. The van der Waals surface area contributed by atoms with Gasteiger partial charge in [0, 0.05) is 13.1 Å². The SMILES string of the molecule is CN1C(=O)C=C(N)C1=O. The largest absolute Gasteiger partial charge is 0.394 e. The summed E-state index contributed by atoms with van der Waals surface area (Å²) in [5, 5.41) is 0. The molecule has 1 heterocycles. The number of nitrogens with two attached hydrogens (primary N) is 1. The third kappa shape index (κ3) is 0.679. The van der Waals surface area contributed by atoms with Crippen molar-refractivity contribution in [3.8, 4) is 0 Å². The molecule has 2 N–H and O–H groups in total. The molecule has 4 heteroatoms.